The first kappa shape index (κ1) is 9.52. The SMILES string of the molecule is CC(C)(C)c1ccc(Br)c[n+]1O. The molecule has 0 saturated carbocycles. The number of pyridine rings is 1. The molecule has 3 heteroatoms. The topological polar surface area (TPSA) is 24.1 Å². The van der Waals surface area contributed by atoms with Gasteiger partial charge in [-0.1, -0.05) is 20.8 Å². The fraction of sp³-hybridized carbons (Fsp3) is 0.444. The highest BCUT2D eigenvalue weighted by molar-refractivity contribution is 9.10. The molecule has 0 bridgehead atoms. The van der Waals surface area contributed by atoms with E-state index in [0.29, 0.717) is 0 Å². The molecule has 1 heterocycles. The third-order valence-corrected chi connectivity index (χ3v) is 2.13. The minimum atomic E-state index is -0.0323. The monoisotopic (exact) mass is 230 g/mol. The van der Waals surface area contributed by atoms with Crippen LogP contribution in [-0.2, 0) is 5.41 Å². The van der Waals surface area contributed by atoms with Crippen molar-refractivity contribution in [1.82, 2.24) is 0 Å². The van der Waals surface area contributed by atoms with E-state index in [1.165, 1.54) is 0 Å². The second kappa shape index (κ2) is 3.05. The van der Waals surface area contributed by atoms with Gasteiger partial charge < -0.3 is 0 Å². The summed E-state index contributed by atoms with van der Waals surface area (Å²) in [7, 11) is 0. The average molecular weight is 231 g/mol. The Bertz CT molecular complexity index is 291. The van der Waals surface area contributed by atoms with E-state index in [4.69, 9.17) is 0 Å². The fourth-order valence-corrected chi connectivity index (χ4v) is 1.38. The first-order valence-corrected chi connectivity index (χ1v) is 4.61. The standard InChI is InChI=1S/C9H13BrNO/c1-9(2,3)8-5-4-7(10)6-11(8)12/h4-6,12H,1-3H3/q+1. The van der Waals surface area contributed by atoms with Gasteiger partial charge in [-0.2, -0.15) is 0 Å². The second-order valence-corrected chi connectivity index (χ2v) is 4.74. The maximum Gasteiger partial charge on any atom is 0.239 e. The molecule has 1 rings (SSSR count). The van der Waals surface area contributed by atoms with Crippen molar-refractivity contribution in [2.75, 3.05) is 0 Å². The summed E-state index contributed by atoms with van der Waals surface area (Å²) in [5.74, 6) is 0. The van der Waals surface area contributed by atoms with E-state index >= 15 is 0 Å². The van der Waals surface area contributed by atoms with Crippen molar-refractivity contribution in [1.29, 1.82) is 0 Å². The molecule has 0 spiro atoms. The zero-order valence-corrected chi connectivity index (χ0v) is 9.09. The van der Waals surface area contributed by atoms with Crippen LogP contribution in [0.3, 0.4) is 0 Å². The Morgan fingerprint density at radius 1 is 1.33 bits per heavy atom. The zero-order valence-electron chi connectivity index (χ0n) is 7.50. The molecule has 12 heavy (non-hydrogen) atoms. The molecule has 2 nitrogen and oxygen atoms in total. The number of hydrogen-bond acceptors (Lipinski definition) is 1. The largest absolute Gasteiger partial charge is 0.285 e. The van der Waals surface area contributed by atoms with Crippen molar-refractivity contribution in [2.24, 2.45) is 0 Å². The van der Waals surface area contributed by atoms with Crippen LogP contribution in [0.1, 0.15) is 26.5 Å². The van der Waals surface area contributed by atoms with Gasteiger partial charge in [0.25, 0.3) is 0 Å². The molecule has 0 amide bonds. The number of nitrogens with zero attached hydrogens (tertiary/aromatic N) is 1. The summed E-state index contributed by atoms with van der Waals surface area (Å²) < 4.78 is 2.03. The van der Waals surface area contributed by atoms with Gasteiger partial charge in [-0.3, -0.25) is 5.21 Å². The summed E-state index contributed by atoms with van der Waals surface area (Å²) >= 11 is 3.28. The molecule has 66 valence electrons. The zero-order chi connectivity index (χ0) is 9.35. The molecule has 1 aromatic rings. The highest BCUT2D eigenvalue weighted by Crippen LogP contribution is 2.19. The molecule has 0 aliphatic rings. The van der Waals surface area contributed by atoms with Crippen molar-refractivity contribution in [2.45, 2.75) is 26.2 Å². The van der Waals surface area contributed by atoms with Gasteiger partial charge in [0, 0.05) is 10.8 Å². The molecule has 0 fully saturated rings. The fourth-order valence-electron chi connectivity index (χ4n) is 1.06. The van der Waals surface area contributed by atoms with E-state index in [0.717, 1.165) is 14.9 Å². The van der Waals surface area contributed by atoms with E-state index in [1.807, 2.05) is 12.1 Å². The van der Waals surface area contributed by atoms with Crippen molar-refractivity contribution in [3.63, 3.8) is 0 Å². The Morgan fingerprint density at radius 2 is 1.92 bits per heavy atom. The van der Waals surface area contributed by atoms with Crippen LogP contribution in [0.25, 0.3) is 0 Å². The van der Waals surface area contributed by atoms with Gasteiger partial charge in [0.15, 0.2) is 0 Å². The Labute approximate surface area is 80.9 Å². The molecule has 0 unspecified atom stereocenters. The van der Waals surface area contributed by atoms with E-state index in [2.05, 4.69) is 36.7 Å². The molecule has 0 aliphatic carbocycles. The van der Waals surface area contributed by atoms with Gasteiger partial charge in [0.1, 0.15) is 0 Å². The van der Waals surface area contributed by atoms with Gasteiger partial charge in [-0.15, -0.1) is 0 Å². The predicted octanol–water partition coefficient (Wildman–Crippen LogP) is 2.27. The molecule has 1 N–H and O–H groups in total. The maximum absolute atomic E-state index is 9.51. The van der Waals surface area contributed by atoms with Crippen LogP contribution in [0.4, 0.5) is 0 Å². The van der Waals surface area contributed by atoms with Gasteiger partial charge in [0.05, 0.1) is 9.89 Å². The molecule has 1 aromatic heterocycles. The van der Waals surface area contributed by atoms with Crippen molar-refractivity contribution >= 4 is 15.9 Å². The van der Waals surface area contributed by atoms with Crippen LogP contribution >= 0.6 is 15.9 Å². The van der Waals surface area contributed by atoms with Crippen LogP contribution in [-0.4, -0.2) is 5.21 Å². The lowest BCUT2D eigenvalue weighted by Crippen LogP contribution is -2.40. The molecule has 0 radical (unpaired) electrons. The summed E-state index contributed by atoms with van der Waals surface area (Å²) in [4.78, 5) is 0. The minimum Gasteiger partial charge on any atom is -0.285 e. The lowest BCUT2D eigenvalue weighted by Gasteiger charge is -2.12. The molecule has 0 atom stereocenters. The van der Waals surface area contributed by atoms with Gasteiger partial charge in [-0.05, 0) is 22.0 Å². The summed E-state index contributed by atoms with van der Waals surface area (Å²) in [6.45, 7) is 6.18. The van der Waals surface area contributed by atoms with Crippen LogP contribution in [0.2, 0.25) is 0 Å². The van der Waals surface area contributed by atoms with E-state index < -0.39 is 0 Å². The maximum atomic E-state index is 9.51. The Hall–Kier alpha value is -0.570. The molecule has 0 aliphatic heterocycles. The lowest BCUT2D eigenvalue weighted by molar-refractivity contribution is -0.911. The second-order valence-electron chi connectivity index (χ2n) is 3.83. The average Bonchev–Trinajstić information content (AvgIpc) is 1.83. The molecule has 0 aromatic carbocycles. The van der Waals surface area contributed by atoms with Gasteiger partial charge in [0.2, 0.25) is 11.9 Å². The van der Waals surface area contributed by atoms with Gasteiger partial charge in [-0.25, -0.2) is 0 Å². The smallest absolute Gasteiger partial charge is 0.239 e. The Morgan fingerprint density at radius 3 is 2.33 bits per heavy atom. The third-order valence-electron chi connectivity index (χ3n) is 1.66. The molecular weight excluding hydrogens is 218 g/mol. The van der Waals surface area contributed by atoms with Crippen LogP contribution < -0.4 is 4.73 Å². The Balaban J connectivity index is 3.19. The van der Waals surface area contributed by atoms with E-state index in [1.54, 1.807) is 6.20 Å². The molecular formula is C9H13BrNO+. The number of hydrogen-bond donors (Lipinski definition) is 1. The molecule has 0 saturated heterocycles. The van der Waals surface area contributed by atoms with E-state index in [9.17, 15) is 5.21 Å². The summed E-state index contributed by atoms with van der Waals surface area (Å²) in [6.07, 6.45) is 1.64. The van der Waals surface area contributed by atoms with E-state index in [-0.39, 0.29) is 5.41 Å². The van der Waals surface area contributed by atoms with Crippen molar-refractivity contribution in [3.05, 3.63) is 28.5 Å². The van der Waals surface area contributed by atoms with Crippen molar-refractivity contribution in [3.8, 4) is 0 Å². The summed E-state index contributed by atoms with van der Waals surface area (Å²) in [6, 6.07) is 3.83. The Kier molecular flexibility index (Phi) is 2.42. The number of rotatable bonds is 0. The van der Waals surface area contributed by atoms with Gasteiger partial charge >= 0.3 is 0 Å². The lowest BCUT2D eigenvalue weighted by atomic mass is 9.92. The highest BCUT2D eigenvalue weighted by atomic mass is 79.9. The summed E-state index contributed by atoms with van der Waals surface area (Å²) in [5.41, 5.74) is 0.862. The van der Waals surface area contributed by atoms with Crippen LogP contribution in [0, 0.1) is 0 Å². The van der Waals surface area contributed by atoms with Crippen molar-refractivity contribution < 1.29 is 9.94 Å². The first-order chi connectivity index (χ1) is 5.41. The normalized spacial score (nSPS) is 11.7. The highest BCUT2D eigenvalue weighted by Gasteiger charge is 2.25. The third kappa shape index (κ3) is 1.97. The minimum absolute atomic E-state index is 0.0323. The number of halogens is 1. The quantitative estimate of drug-likeness (QED) is 0.537. The predicted molar refractivity (Wildman–Crippen MR) is 50.2 cm³/mol. The van der Waals surface area contributed by atoms with Crippen LogP contribution in [0.15, 0.2) is 22.8 Å². The summed E-state index contributed by atoms with van der Waals surface area (Å²) in [5, 5.41) is 9.51. The van der Waals surface area contributed by atoms with Crippen LogP contribution in [0.5, 0.6) is 0 Å². The first-order valence-electron chi connectivity index (χ1n) is 3.82. The number of aromatic nitrogens is 1.